The minimum Gasteiger partial charge on any atom is -0.355 e. The number of hydrogen-bond donors (Lipinski definition) is 2. The van der Waals surface area contributed by atoms with Crippen LogP contribution in [0.5, 0.6) is 0 Å². The molecule has 18 heavy (non-hydrogen) atoms. The van der Waals surface area contributed by atoms with Gasteiger partial charge in [-0.2, -0.15) is 0 Å². The largest absolute Gasteiger partial charge is 0.355 e. The summed E-state index contributed by atoms with van der Waals surface area (Å²) in [6, 6.07) is 4.59. The molecular weight excluding hydrogens is 232 g/mol. The van der Waals surface area contributed by atoms with E-state index in [1.165, 1.54) is 12.1 Å². The van der Waals surface area contributed by atoms with Crippen molar-refractivity contribution < 1.29 is 4.92 Å². The molecule has 0 bridgehead atoms. The molecule has 0 fully saturated rings. The summed E-state index contributed by atoms with van der Waals surface area (Å²) in [6.45, 7) is 7.13. The van der Waals surface area contributed by atoms with E-state index < -0.39 is 4.92 Å². The fraction of sp³-hybridized carbons (Fsp3) is 0.417. The molecule has 6 heteroatoms. The second-order valence-electron chi connectivity index (χ2n) is 5.46. The smallest absolute Gasteiger partial charge is 0.271 e. The number of nitro groups is 1. The summed E-state index contributed by atoms with van der Waals surface area (Å²) in [5, 5.41) is 13.9. The molecule has 0 unspecified atom stereocenters. The zero-order chi connectivity index (χ0) is 13.3. The van der Waals surface area contributed by atoms with Gasteiger partial charge in [0.05, 0.1) is 16.0 Å². The highest BCUT2D eigenvalue weighted by Crippen LogP contribution is 2.21. The van der Waals surface area contributed by atoms with E-state index in [4.69, 9.17) is 0 Å². The van der Waals surface area contributed by atoms with Crippen LogP contribution in [-0.4, -0.2) is 21.4 Å². The van der Waals surface area contributed by atoms with Gasteiger partial charge in [-0.05, 0) is 11.5 Å². The predicted octanol–water partition coefficient (Wildman–Crippen LogP) is 2.93. The van der Waals surface area contributed by atoms with Gasteiger partial charge in [0.2, 0.25) is 5.95 Å². The van der Waals surface area contributed by atoms with E-state index >= 15 is 0 Å². The first-order valence-electron chi connectivity index (χ1n) is 5.73. The maximum absolute atomic E-state index is 10.7. The Kier molecular flexibility index (Phi) is 2.94. The van der Waals surface area contributed by atoms with Gasteiger partial charge in [0.15, 0.2) is 0 Å². The maximum atomic E-state index is 10.7. The molecule has 0 aliphatic carbocycles. The predicted molar refractivity (Wildman–Crippen MR) is 70.7 cm³/mol. The minimum absolute atomic E-state index is 0.0634. The van der Waals surface area contributed by atoms with Crippen LogP contribution in [-0.2, 0) is 0 Å². The molecule has 1 aromatic heterocycles. The van der Waals surface area contributed by atoms with Crippen molar-refractivity contribution in [2.24, 2.45) is 5.41 Å². The topological polar surface area (TPSA) is 83.8 Å². The third-order valence-corrected chi connectivity index (χ3v) is 2.46. The van der Waals surface area contributed by atoms with Gasteiger partial charge in [0, 0.05) is 18.7 Å². The van der Waals surface area contributed by atoms with E-state index in [0.717, 1.165) is 12.1 Å². The van der Waals surface area contributed by atoms with E-state index in [2.05, 4.69) is 36.1 Å². The number of rotatable bonds is 3. The number of imidazole rings is 1. The summed E-state index contributed by atoms with van der Waals surface area (Å²) < 4.78 is 0. The quantitative estimate of drug-likeness (QED) is 0.646. The van der Waals surface area contributed by atoms with Crippen molar-refractivity contribution in [1.29, 1.82) is 0 Å². The van der Waals surface area contributed by atoms with E-state index in [0.29, 0.717) is 11.5 Å². The summed E-state index contributed by atoms with van der Waals surface area (Å²) in [5.74, 6) is 0.639. The van der Waals surface area contributed by atoms with Crippen LogP contribution in [0, 0.1) is 15.5 Å². The van der Waals surface area contributed by atoms with Crippen LogP contribution in [0.25, 0.3) is 11.0 Å². The first-order chi connectivity index (χ1) is 8.35. The van der Waals surface area contributed by atoms with Gasteiger partial charge in [-0.3, -0.25) is 10.1 Å². The summed E-state index contributed by atoms with van der Waals surface area (Å²) in [5.41, 5.74) is 1.59. The molecule has 2 N–H and O–H groups in total. The SMILES string of the molecule is CC(C)(C)CNc1nc2ccc([N+](=O)[O-])cc2[nH]1. The number of anilines is 1. The highest BCUT2D eigenvalue weighted by molar-refractivity contribution is 5.79. The van der Waals surface area contributed by atoms with Gasteiger partial charge in [-0.1, -0.05) is 20.8 Å². The number of nitrogens with one attached hydrogen (secondary N) is 2. The number of benzene rings is 1. The number of H-pyrrole nitrogens is 1. The van der Waals surface area contributed by atoms with Crippen molar-refractivity contribution in [3.8, 4) is 0 Å². The zero-order valence-corrected chi connectivity index (χ0v) is 10.7. The van der Waals surface area contributed by atoms with Gasteiger partial charge in [0.1, 0.15) is 0 Å². The molecule has 0 saturated heterocycles. The number of non-ortho nitro benzene ring substituents is 1. The molecule has 2 rings (SSSR count). The summed E-state index contributed by atoms with van der Waals surface area (Å²) in [7, 11) is 0. The standard InChI is InChI=1S/C12H16N4O2/c1-12(2,3)7-13-11-14-9-5-4-8(16(17)18)6-10(9)15-11/h4-6H,7H2,1-3H3,(H2,13,14,15). The zero-order valence-electron chi connectivity index (χ0n) is 10.7. The lowest BCUT2D eigenvalue weighted by molar-refractivity contribution is -0.384. The second-order valence-corrected chi connectivity index (χ2v) is 5.46. The number of hydrogen-bond acceptors (Lipinski definition) is 4. The number of fused-ring (bicyclic) bond motifs is 1. The van der Waals surface area contributed by atoms with Crippen molar-refractivity contribution in [3.63, 3.8) is 0 Å². The van der Waals surface area contributed by atoms with Crippen LogP contribution in [0.2, 0.25) is 0 Å². The Bertz CT molecular complexity index is 583. The molecule has 0 radical (unpaired) electrons. The molecule has 2 aromatic rings. The van der Waals surface area contributed by atoms with Crippen molar-refractivity contribution in [2.45, 2.75) is 20.8 Å². The van der Waals surface area contributed by atoms with Crippen molar-refractivity contribution in [3.05, 3.63) is 28.3 Å². The minimum atomic E-state index is -0.414. The maximum Gasteiger partial charge on any atom is 0.271 e. The first-order valence-corrected chi connectivity index (χ1v) is 5.73. The Morgan fingerprint density at radius 1 is 1.44 bits per heavy atom. The lowest BCUT2D eigenvalue weighted by atomic mass is 9.97. The lowest BCUT2D eigenvalue weighted by Gasteiger charge is -2.17. The van der Waals surface area contributed by atoms with Crippen LogP contribution < -0.4 is 5.32 Å². The van der Waals surface area contributed by atoms with Gasteiger partial charge in [-0.25, -0.2) is 4.98 Å². The first kappa shape index (κ1) is 12.3. The Hall–Kier alpha value is -2.11. The van der Waals surface area contributed by atoms with Crippen LogP contribution in [0.3, 0.4) is 0 Å². The highest BCUT2D eigenvalue weighted by atomic mass is 16.6. The molecule has 6 nitrogen and oxygen atoms in total. The van der Waals surface area contributed by atoms with Gasteiger partial charge < -0.3 is 10.3 Å². The van der Waals surface area contributed by atoms with E-state index in [-0.39, 0.29) is 11.1 Å². The summed E-state index contributed by atoms with van der Waals surface area (Å²) >= 11 is 0. The lowest BCUT2D eigenvalue weighted by Crippen LogP contribution is -2.19. The Morgan fingerprint density at radius 3 is 2.78 bits per heavy atom. The summed E-state index contributed by atoms with van der Waals surface area (Å²) in [4.78, 5) is 17.6. The fourth-order valence-corrected chi connectivity index (χ4v) is 1.54. The Balaban J connectivity index is 2.24. The Labute approximate surface area is 105 Å². The molecule has 1 heterocycles. The average Bonchev–Trinajstić information content (AvgIpc) is 2.66. The van der Waals surface area contributed by atoms with Gasteiger partial charge >= 0.3 is 0 Å². The molecule has 0 saturated carbocycles. The molecule has 0 atom stereocenters. The van der Waals surface area contributed by atoms with Gasteiger partial charge in [0.25, 0.3) is 5.69 Å². The van der Waals surface area contributed by atoms with E-state index in [1.807, 2.05) is 0 Å². The highest BCUT2D eigenvalue weighted by Gasteiger charge is 2.12. The van der Waals surface area contributed by atoms with E-state index in [1.54, 1.807) is 6.07 Å². The van der Waals surface area contributed by atoms with Crippen LogP contribution in [0.15, 0.2) is 18.2 Å². The van der Waals surface area contributed by atoms with Crippen LogP contribution >= 0.6 is 0 Å². The number of nitro benzene ring substituents is 1. The van der Waals surface area contributed by atoms with Crippen LogP contribution in [0.4, 0.5) is 11.6 Å². The molecule has 96 valence electrons. The average molecular weight is 248 g/mol. The van der Waals surface area contributed by atoms with Crippen molar-refractivity contribution in [2.75, 3.05) is 11.9 Å². The monoisotopic (exact) mass is 248 g/mol. The molecule has 0 amide bonds. The molecular formula is C12H16N4O2. The Morgan fingerprint density at radius 2 is 2.17 bits per heavy atom. The van der Waals surface area contributed by atoms with Crippen molar-refractivity contribution >= 4 is 22.7 Å². The van der Waals surface area contributed by atoms with E-state index in [9.17, 15) is 10.1 Å². The molecule has 0 aliphatic rings. The fourth-order valence-electron chi connectivity index (χ4n) is 1.54. The molecule has 1 aromatic carbocycles. The molecule has 0 spiro atoms. The molecule has 0 aliphatic heterocycles. The van der Waals surface area contributed by atoms with Crippen molar-refractivity contribution in [1.82, 2.24) is 9.97 Å². The number of aromatic nitrogens is 2. The van der Waals surface area contributed by atoms with Gasteiger partial charge in [-0.15, -0.1) is 0 Å². The third-order valence-electron chi connectivity index (χ3n) is 2.46. The number of aromatic amines is 1. The van der Waals surface area contributed by atoms with Crippen LogP contribution in [0.1, 0.15) is 20.8 Å². The normalized spacial score (nSPS) is 11.7. The number of nitrogens with zero attached hydrogens (tertiary/aromatic N) is 2. The third kappa shape index (κ3) is 2.77. The second kappa shape index (κ2) is 4.29. The summed E-state index contributed by atoms with van der Waals surface area (Å²) in [6.07, 6.45) is 0.